The van der Waals surface area contributed by atoms with Crippen LogP contribution in [-0.4, -0.2) is 27.6 Å². The van der Waals surface area contributed by atoms with Gasteiger partial charge in [-0.25, -0.2) is 4.98 Å². The summed E-state index contributed by atoms with van der Waals surface area (Å²) < 4.78 is 2.17. The zero-order valence-corrected chi connectivity index (χ0v) is 11.6. The van der Waals surface area contributed by atoms with Crippen LogP contribution < -0.4 is 5.32 Å². The zero-order valence-electron chi connectivity index (χ0n) is 11.6. The van der Waals surface area contributed by atoms with Crippen LogP contribution in [0.3, 0.4) is 0 Å². The van der Waals surface area contributed by atoms with Crippen molar-refractivity contribution in [1.29, 1.82) is 0 Å². The van der Waals surface area contributed by atoms with E-state index < -0.39 is 0 Å². The Bertz CT molecular complexity index is 747. The quantitative estimate of drug-likeness (QED) is 0.749. The Balaban J connectivity index is 1.79. The number of aryl methyl sites for hydroxylation is 1. The molecule has 0 radical (unpaired) electrons. The van der Waals surface area contributed by atoms with Gasteiger partial charge >= 0.3 is 0 Å². The van der Waals surface area contributed by atoms with E-state index in [0.717, 1.165) is 24.6 Å². The molecule has 4 nitrogen and oxygen atoms in total. The minimum Gasteiger partial charge on any atom is -0.350 e. The summed E-state index contributed by atoms with van der Waals surface area (Å²) in [6.45, 7) is 2.12. The number of fused-ring (bicyclic) bond motifs is 1. The number of aromatic nitrogens is 3. The van der Waals surface area contributed by atoms with E-state index in [0.29, 0.717) is 5.92 Å². The van der Waals surface area contributed by atoms with Crippen LogP contribution in [0.25, 0.3) is 22.2 Å². The van der Waals surface area contributed by atoms with Crippen molar-refractivity contribution < 1.29 is 0 Å². The number of hydrogen-bond acceptors (Lipinski definition) is 2. The van der Waals surface area contributed by atoms with E-state index in [9.17, 15) is 0 Å². The van der Waals surface area contributed by atoms with Crippen molar-refractivity contribution >= 4 is 10.9 Å². The summed E-state index contributed by atoms with van der Waals surface area (Å²) in [5, 5.41) is 4.66. The molecule has 4 heteroatoms. The predicted octanol–water partition coefficient (Wildman–Crippen LogP) is 2.65. The number of nitrogens with zero attached hydrogens (tertiary/aromatic N) is 2. The molecule has 1 fully saturated rings. The van der Waals surface area contributed by atoms with Gasteiger partial charge in [-0.3, -0.25) is 0 Å². The molecule has 0 saturated carbocycles. The fourth-order valence-electron chi connectivity index (χ4n) is 3.13. The third-order valence-corrected chi connectivity index (χ3v) is 4.23. The molecule has 4 rings (SSSR count). The highest BCUT2D eigenvalue weighted by Crippen LogP contribution is 2.30. The van der Waals surface area contributed by atoms with Crippen LogP contribution in [0.4, 0.5) is 0 Å². The van der Waals surface area contributed by atoms with Crippen molar-refractivity contribution in [2.75, 3.05) is 13.1 Å². The molecule has 20 heavy (non-hydrogen) atoms. The molecule has 102 valence electrons. The van der Waals surface area contributed by atoms with Gasteiger partial charge in [0.05, 0.1) is 11.9 Å². The first kappa shape index (κ1) is 11.7. The van der Waals surface area contributed by atoms with Crippen molar-refractivity contribution in [2.24, 2.45) is 7.05 Å². The largest absolute Gasteiger partial charge is 0.350 e. The predicted molar refractivity (Wildman–Crippen MR) is 80.7 cm³/mol. The van der Waals surface area contributed by atoms with E-state index in [4.69, 9.17) is 0 Å². The molecule has 1 aromatic carbocycles. The molecule has 1 saturated heterocycles. The van der Waals surface area contributed by atoms with Crippen LogP contribution in [0.15, 0.2) is 36.7 Å². The Morgan fingerprint density at radius 2 is 2.20 bits per heavy atom. The van der Waals surface area contributed by atoms with Crippen LogP contribution in [-0.2, 0) is 7.05 Å². The van der Waals surface area contributed by atoms with Gasteiger partial charge in [-0.1, -0.05) is 18.2 Å². The van der Waals surface area contributed by atoms with Gasteiger partial charge in [0, 0.05) is 42.2 Å². The smallest absolute Gasteiger partial charge is 0.110 e. The molecule has 2 N–H and O–H groups in total. The molecule has 0 bridgehead atoms. The summed E-state index contributed by atoms with van der Waals surface area (Å²) in [7, 11) is 2.09. The molecule has 1 aliphatic heterocycles. The maximum absolute atomic E-state index is 4.59. The molecule has 0 aliphatic carbocycles. The highest BCUT2D eigenvalue weighted by atomic mass is 15.0. The Labute approximate surface area is 117 Å². The molecule has 3 aromatic rings. The monoisotopic (exact) mass is 266 g/mol. The van der Waals surface area contributed by atoms with Crippen molar-refractivity contribution in [2.45, 2.75) is 12.3 Å². The second-order valence-electron chi connectivity index (χ2n) is 5.54. The molecule has 0 amide bonds. The zero-order chi connectivity index (χ0) is 13.5. The lowest BCUT2D eigenvalue weighted by molar-refractivity contribution is 0.715. The van der Waals surface area contributed by atoms with Gasteiger partial charge in [0.2, 0.25) is 0 Å². The van der Waals surface area contributed by atoms with Gasteiger partial charge in [0.15, 0.2) is 0 Å². The van der Waals surface area contributed by atoms with Gasteiger partial charge in [-0.05, 0) is 19.0 Å². The highest BCUT2D eigenvalue weighted by Gasteiger charge is 2.20. The van der Waals surface area contributed by atoms with E-state index in [2.05, 4.69) is 57.4 Å². The number of imidazole rings is 1. The fraction of sp³-hybridized carbons (Fsp3) is 0.312. The molecular weight excluding hydrogens is 248 g/mol. The van der Waals surface area contributed by atoms with Crippen molar-refractivity contribution in [3.8, 4) is 11.3 Å². The summed E-state index contributed by atoms with van der Waals surface area (Å²) in [6, 6.07) is 8.48. The first-order valence-electron chi connectivity index (χ1n) is 7.13. The van der Waals surface area contributed by atoms with Crippen LogP contribution in [0, 0.1) is 0 Å². The van der Waals surface area contributed by atoms with Gasteiger partial charge in [0.25, 0.3) is 0 Å². The van der Waals surface area contributed by atoms with E-state index in [1.165, 1.54) is 22.9 Å². The summed E-state index contributed by atoms with van der Waals surface area (Å²) in [4.78, 5) is 8.10. The van der Waals surface area contributed by atoms with E-state index in [1.807, 2.05) is 6.20 Å². The average Bonchev–Trinajstić information content (AvgIpc) is 3.17. The third-order valence-electron chi connectivity index (χ3n) is 4.23. The third kappa shape index (κ3) is 1.76. The number of para-hydroxylation sites is 1. The molecule has 2 aromatic heterocycles. The minimum atomic E-state index is 0.527. The normalized spacial score (nSPS) is 18.9. The second kappa shape index (κ2) is 4.49. The maximum Gasteiger partial charge on any atom is 0.110 e. The maximum atomic E-state index is 4.59. The van der Waals surface area contributed by atoms with Crippen LogP contribution >= 0.6 is 0 Å². The molecule has 3 heterocycles. The van der Waals surface area contributed by atoms with Crippen molar-refractivity contribution in [3.05, 3.63) is 42.5 Å². The number of nitrogens with one attached hydrogen (secondary N) is 2. The molecule has 1 atom stereocenters. The topological polar surface area (TPSA) is 45.6 Å². The molecule has 1 unspecified atom stereocenters. The van der Waals surface area contributed by atoms with Crippen LogP contribution in [0.2, 0.25) is 0 Å². The SMILES string of the molecule is Cn1cc(-c2cnc(C3CCNC3)[nH]2)c2ccccc21. The first-order valence-corrected chi connectivity index (χ1v) is 7.13. The molecular formula is C16H18N4. The Morgan fingerprint density at radius 1 is 1.30 bits per heavy atom. The highest BCUT2D eigenvalue weighted by molar-refractivity contribution is 5.95. The number of rotatable bonds is 2. The summed E-state index contributed by atoms with van der Waals surface area (Å²) in [5.74, 6) is 1.64. The van der Waals surface area contributed by atoms with E-state index >= 15 is 0 Å². The Morgan fingerprint density at radius 3 is 3.05 bits per heavy atom. The van der Waals surface area contributed by atoms with Crippen LogP contribution in [0.1, 0.15) is 18.2 Å². The molecule has 1 aliphatic rings. The molecule has 0 spiro atoms. The number of H-pyrrole nitrogens is 1. The second-order valence-corrected chi connectivity index (χ2v) is 5.54. The van der Waals surface area contributed by atoms with Crippen molar-refractivity contribution in [3.63, 3.8) is 0 Å². The lowest BCUT2D eigenvalue weighted by Gasteiger charge is -2.02. The fourth-order valence-corrected chi connectivity index (χ4v) is 3.13. The summed E-state index contributed by atoms with van der Waals surface area (Å²) in [5.41, 5.74) is 3.60. The van der Waals surface area contributed by atoms with Crippen LogP contribution in [0.5, 0.6) is 0 Å². The first-order chi connectivity index (χ1) is 9.83. The minimum absolute atomic E-state index is 0.527. The van der Waals surface area contributed by atoms with Gasteiger partial charge in [0.1, 0.15) is 5.82 Å². The summed E-state index contributed by atoms with van der Waals surface area (Å²) >= 11 is 0. The number of aromatic amines is 1. The standard InChI is InChI=1S/C16H18N4/c1-20-10-13(12-4-2-3-5-15(12)20)14-9-18-16(19-14)11-6-7-17-8-11/h2-5,9-11,17H,6-8H2,1H3,(H,18,19). The lowest BCUT2D eigenvalue weighted by atomic mass is 10.1. The van der Waals surface area contributed by atoms with E-state index in [1.54, 1.807) is 0 Å². The lowest BCUT2D eigenvalue weighted by Crippen LogP contribution is -2.08. The van der Waals surface area contributed by atoms with Gasteiger partial charge < -0.3 is 14.9 Å². The van der Waals surface area contributed by atoms with E-state index in [-0.39, 0.29) is 0 Å². The number of benzene rings is 1. The summed E-state index contributed by atoms with van der Waals surface area (Å²) in [6.07, 6.45) is 5.31. The van der Waals surface area contributed by atoms with Gasteiger partial charge in [-0.2, -0.15) is 0 Å². The van der Waals surface area contributed by atoms with Crippen molar-refractivity contribution in [1.82, 2.24) is 19.9 Å². The Kier molecular flexibility index (Phi) is 2.63. The number of hydrogen-bond donors (Lipinski definition) is 2. The Hall–Kier alpha value is -2.07. The average molecular weight is 266 g/mol. The van der Waals surface area contributed by atoms with Gasteiger partial charge in [-0.15, -0.1) is 0 Å².